The summed E-state index contributed by atoms with van der Waals surface area (Å²) in [6.45, 7) is 4.24. The minimum Gasteiger partial charge on any atom is -0.276 e. The van der Waals surface area contributed by atoms with Crippen LogP contribution in [0.15, 0.2) is 30.6 Å². The molecule has 1 heterocycles. The second-order valence-electron chi connectivity index (χ2n) is 4.79. The van der Waals surface area contributed by atoms with Crippen LogP contribution in [0.3, 0.4) is 0 Å². The molecule has 0 saturated heterocycles. The first kappa shape index (κ1) is 12.8. The van der Waals surface area contributed by atoms with Gasteiger partial charge in [-0.25, -0.2) is 0 Å². The maximum atomic E-state index is 5.67. The van der Waals surface area contributed by atoms with Crippen molar-refractivity contribution in [1.82, 2.24) is 15.2 Å². The molecule has 0 spiro atoms. The van der Waals surface area contributed by atoms with Crippen molar-refractivity contribution < 1.29 is 0 Å². The highest BCUT2D eigenvalue weighted by Crippen LogP contribution is 2.20. The van der Waals surface area contributed by atoms with E-state index in [4.69, 9.17) is 5.84 Å². The third-order valence-electron chi connectivity index (χ3n) is 3.33. The smallest absolute Gasteiger partial charge is 0.0522 e. The highest BCUT2D eigenvalue weighted by Gasteiger charge is 2.12. The molecule has 1 unspecified atom stereocenters. The SMILES string of the molecule is Cc1ccc(C(Cc2cnn(C)c2)NN)cc1C. The summed E-state index contributed by atoms with van der Waals surface area (Å²) in [6, 6.07) is 6.58. The number of hydrazine groups is 1. The molecule has 0 saturated carbocycles. The molecule has 96 valence electrons. The maximum absolute atomic E-state index is 5.67. The fourth-order valence-electron chi connectivity index (χ4n) is 2.07. The molecule has 1 aromatic carbocycles. The number of aromatic nitrogens is 2. The van der Waals surface area contributed by atoms with Crippen molar-refractivity contribution in [2.45, 2.75) is 26.3 Å². The van der Waals surface area contributed by atoms with E-state index in [1.165, 1.54) is 22.3 Å². The Labute approximate surface area is 108 Å². The molecule has 0 radical (unpaired) electrons. The third kappa shape index (κ3) is 2.78. The monoisotopic (exact) mass is 244 g/mol. The molecule has 2 rings (SSSR count). The van der Waals surface area contributed by atoms with E-state index in [2.05, 4.69) is 42.6 Å². The number of rotatable bonds is 4. The lowest BCUT2D eigenvalue weighted by Gasteiger charge is -2.16. The molecule has 2 aromatic rings. The Morgan fingerprint density at radius 2 is 2.11 bits per heavy atom. The van der Waals surface area contributed by atoms with Gasteiger partial charge in [0.25, 0.3) is 0 Å². The summed E-state index contributed by atoms with van der Waals surface area (Å²) in [5, 5.41) is 4.18. The lowest BCUT2D eigenvalue weighted by atomic mass is 9.97. The molecule has 3 N–H and O–H groups in total. The van der Waals surface area contributed by atoms with Crippen LogP contribution in [0.5, 0.6) is 0 Å². The van der Waals surface area contributed by atoms with Crippen molar-refractivity contribution in [3.8, 4) is 0 Å². The van der Waals surface area contributed by atoms with E-state index in [-0.39, 0.29) is 6.04 Å². The predicted octanol–water partition coefficient (Wildman–Crippen LogP) is 1.78. The van der Waals surface area contributed by atoms with E-state index < -0.39 is 0 Å². The highest BCUT2D eigenvalue weighted by atomic mass is 15.2. The van der Waals surface area contributed by atoms with Crippen molar-refractivity contribution in [1.29, 1.82) is 0 Å². The quantitative estimate of drug-likeness (QED) is 0.637. The van der Waals surface area contributed by atoms with Gasteiger partial charge in [0.15, 0.2) is 0 Å². The lowest BCUT2D eigenvalue weighted by molar-refractivity contribution is 0.551. The van der Waals surface area contributed by atoms with Gasteiger partial charge in [0.05, 0.1) is 12.2 Å². The Morgan fingerprint density at radius 3 is 2.67 bits per heavy atom. The largest absolute Gasteiger partial charge is 0.276 e. The molecule has 0 bridgehead atoms. The lowest BCUT2D eigenvalue weighted by Crippen LogP contribution is -2.29. The summed E-state index contributed by atoms with van der Waals surface area (Å²) in [7, 11) is 1.92. The van der Waals surface area contributed by atoms with Crippen molar-refractivity contribution in [2.75, 3.05) is 0 Å². The summed E-state index contributed by atoms with van der Waals surface area (Å²) in [6.07, 6.45) is 4.74. The third-order valence-corrected chi connectivity index (χ3v) is 3.33. The van der Waals surface area contributed by atoms with Gasteiger partial charge in [-0.1, -0.05) is 18.2 Å². The fraction of sp³-hybridized carbons (Fsp3) is 0.357. The second kappa shape index (κ2) is 5.33. The first-order chi connectivity index (χ1) is 8.60. The van der Waals surface area contributed by atoms with E-state index >= 15 is 0 Å². The molecule has 4 heteroatoms. The summed E-state index contributed by atoms with van der Waals surface area (Å²) < 4.78 is 1.81. The second-order valence-corrected chi connectivity index (χ2v) is 4.79. The Balaban J connectivity index is 2.19. The van der Waals surface area contributed by atoms with Crippen molar-refractivity contribution >= 4 is 0 Å². The van der Waals surface area contributed by atoms with Gasteiger partial charge in [-0.15, -0.1) is 0 Å². The minimum absolute atomic E-state index is 0.119. The number of hydrogen-bond acceptors (Lipinski definition) is 3. The highest BCUT2D eigenvalue weighted by molar-refractivity contribution is 5.32. The average molecular weight is 244 g/mol. The number of hydrogen-bond donors (Lipinski definition) is 2. The molecular formula is C14H20N4. The standard InChI is InChI=1S/C14H20N4/c1-10-4-5-13(6-11(10)2)14(17-15)7-12-8-16-18(3)9-12/h4-6,8-9,14,17H,7,15H2,1-3H3. The topological polar surface area (TPSA) is 55.9 Å². The van der Waals surface area contributed by atoms with Gasteiger partial charge in [0.1, 0.15) is 0 Å². The number of aryl methyl sites for hydroxylation is 3. The van der Waals surface area contributed by atoms with E-state index in [9.17, 15) is 0 Å². The number of nitrogens with one attached hydrogen (secondary N) is 1. The van der Waals surface area contributed by atoms with Crippen LogP contribution in [0.4, 0.5) is 0 Å². The number of nitrogens with two attached hydrogens (primary N) is 1. The van der Waals surface area contributed by atoms with Gasteiger partial charge in [-0.05, 0) is 42.5 Å². The van der Waals surface area contributed by atoms with Gasteiger partial charge >= 0.3 is 0 Å². The van der Waals surface area contributed by atoms with Crippen LogP contribution in [0.25, 0.3) is 0 Å². The molecule has 1 atom stereocenters. The molecule has 0 aliphatic carbocycles. The van der Waals surface area contributed by atoms with Crippen molar-refractivity contribution in [2.24, 2.45) is 12.9 Å². The van der Waals surface area contributed by atoms with Gasteiger partial charge in [0.2, 0.25) is 0 Å². The summed E-state index contributed by atoms with van der Waals surface area (Å²) in [5.41, 5.74) is 7.87. The Morgan fingerprint density at radius 1 is 1.33 bits per heavy atom. The zero-order valence-electron chi connectivity index (χ0n) is 11.1. The van der Waals surface area contributed by atoms with Crippen LogP contribution < -0.4 is 11.3 Å². The van der Waals surface area contributed by atoms with Crippen LogP contribution in [-0.2, 0) is 13.5 Å². The normalized spacial score (nSPS) is 12.7. The van der Waals surface area contributed by atoms with Gasteiger partial charge in [-0.2, -0.15) is 5.10 Å². The predicted molar refractivity (Wildman–Crippen MR) is 72.9 cm³/mol. The Kier molecular flexibility index (Phi) is 3.79. The zero-order valence-corrected chi connectivity index (χ0v) is 11.1. The molecule has 18 heavy (non-hydrogen) atoms. The minimum atomic E-state index is 0.119. The maximum Gasteiger partial charge on any atom is 0.0522 e. The summed E-state index contributed by atoms with van der Waals surface area (Å²) >= 11 is 0. The van der Waals surface area contributed by atoms with E-state index in [1.807, 2.05) is 24.1 Å². The number of nitrogens with zero attached hydrogens (tertiary/aromatic N) is 2. The van der Waals surface area contributed by atoms with E-state index in [1.54, 1.807) is 0 Å². The molecule has 0 aliphatic rings. The first-order valence-electron chi connectivity index (χ1n) is 6.11. The molecule has 0 fully saturated rings. The van der Waals surface area contributed by atoms with Crippen LogP contribution in [0.2, 0.25) is 0 Å². The summed E-state index contributed by atoms with van der Waals surface area (Å²) in [5.74, 6) is 5.67. The average Bonchev–Trinajstić information content (AvgIpc) is 2.75. The first-order valence-corrected chi connectivity index (χ1v) is 6.11. The fourth-order valence-corrected chi connectivity index (χ4v) is 2.07. The van der Waals surface area contributed by atoms with Crippen molar-refractivity contribution in [3.63, 3.8) is 0 Å². The van der Waals surface area contributed by atoms with Crippen LogP contribution in [0.1, 0.15) is 28.3 Å². The van der Waals surface area contributed by atoms with Gasteiger partial charge in [-0.3, -0.25) is 16.0 Å². The Bertz CT molecular complexity index is 530. The van der Waals surface area contributed by atoms with Crippen LogP contribution >= 0.6 is 0 Å². The van der Waals surface area contributed by atoms with Gasteiger partial charge in [0, 0.05) is 13.2 Å². The number of benzene rings is 1. The molecule has 4 nitrogen and oxygen atoms in total. The van der Waals surface area contributed by atoms with Crippen LogP contribution in [-0.4, -0.2) is 9.78 Å². The van der Waals surface area contributed by atoms with E-state index in [0.29, 0.717) is 0 Å². The molecule has 1 aromatic heterocycles. The molecular weight excluding hydrogens is 224 g/mol. The van der Waals surface area contributed by atoms with E-state index in [0.717, 1.165) is 6.42 Å². The molecule has 0 aliphatic heterocycles. The van der Waals surface area contributed by atoms with Gasteiger partial charge < -0.3 is 0 Å². The Hall–Kier alpha value is -1.65. The summed E-state index contributed by atoms with van der Waals surface area (Å²) in [4.78, 5) is 0. The zero-order chi connectivity index (χ0) is 13.1. The van der Waals surface area contributed by atoms with Crippen molar-refractivity contribution in [3.05, 3.63) is 52.8 Å². The van der Waals surface area contributed by atoms with Crippen LogP contribution in [0, 0.1) is 13.8 Å². The molecule has 0 amide bonds.